The quantitative estimate of drug-likeness (QED) is 0.837. The number of carbonyl (C=O) groups excluding carboxylic acids is 1. The van der Waals surface area contributed by atoms with E-state index >= 15 is 0 Å². The molecule has 0 saturated carbocycles. The normalized spacial score (nSPS) is 21.5. The van der Waals surface area contributed by atoms with E-state index in [2.05, 4.69) is 33.0 Å². The molecule has 5 heteroatoms. The van der Waals surface area contributed by atoms with E-state index in [9.17, 15) is 9.59 Å². The van der Waals surface area contributed by atoms with Crippen molar-refractivity contribution in [3.63, 3.8) is 0 Å². The predicted molar refractivity (Wildman–Crippen MR) is 83.3 cm³/mol. The zero-order valence-corrected chi connectivity index (χ0v) is 13.8. The summed E-state index contributed by atoms with van der Waals surface area (Å²) in [7, 11) is 0. The van der Waals surface area contributed by atoms with Crippen LogP contribution in [0.15, 0.2) is 0 Å². The third-order valence-corrected chi connectivity index (χ3v) is 3.92. The van der Waals surface area contributed by atoms with Crippen LogP contribution >= 0.6 is 0 Å². The van der Waals surface area contributed by atoms with Crippen molar-refractivity contribution >= 4 is 12.0 Å². The van der Waals surface area contributed by atoms with Crippen LogP contribution in [0.5, 0.6) is 0 Å². The molecule has 2 unspecified atom stereocenters. The van der Waals surface area contributed by atoms with Gasteiger partial charge in [-0.2, -0.15) is 0 Å². The van der Waals surface area contributed by atoms with E-state index in [0.717, 1.165) is 32.2 Å². The summed E-state index contributed by atoms with van der Waals surface area (Å²) in [6, 6.07) is -0.196. The molecule has 0 aliphatic carbocycles. The molecule has 2 amide bonds. The van der Waals surface area contributed by atoms with Gasteiger partial charge in [-0.15, -0.1) is 0 Å². The van der Waals surface area contributed by atoms with Gasteiger partial charge in [-0.3, -0.25) is 4.79 Å². The molecule has 1 saturated heterocycles. The predicted octanol–water partition coefficient (Wildman–Crippen LogP) is 3.24. The van der Waals surface area contributed by atoms with Crippen LogP contribution in [-0.2, 0) is 4.79 Å². The van der Waals surface area contributed by atoms with E-state index in [1.165, 1.54) is 0 Å². The summed E-state index contributed by atoms with van der Waals surface area (Å²) >= 11 is 0. The number of carboxylic acids is 1. The Kier molecular flexibility index (Phi) is 6.49. The minimum absolute atomic E-state index is 0.0161. The fraction of sp³-hybridized carbons (Fsp3) is 0.875. The van der Waals surface area contributed by atoms with Gasteiger partial charge in [0.05, 0.1) is 6.42 Å². The van der Waals surface area contributed by atoms with Crippen LogP contribution in [0.1, 0.15) is 66.2 Å². The van der Waals surface area contributed by atoms with Crippen LogP contribution in [0.4, 0.5) is 4.79 Å². The Bertz CT molecular complexity index is 363. The molecule has 0 radical (unpaired) electrons. The van der Waals surface area contributed by atoms with Gasteiger partial charge in [0.1, 0.15) is 0 Å². The monoisotopic (exact) mass is 298 g/mol. The van der Waals surface area contributed by atoms with Crippen molar-refractivity contribution < 1.29 is 14.7 Å². The van der Waals surface area contributed by atoms with Crippen LogP contribution in [0, 0.1) is 5.41 Å². The number of nitrogens with zero attached hydrogens (tertiary/aromatic N) is 1. The van der Waals surface area contributed by atoms with Gasteiger partial charge in [0.25, 0.3) is 0 Å². The van der Waals surface area contributed by atoms with Gasteiger partial charge in [-0.25, -0.2) is 4.79 Å². The topological polar surface area (TPSA) is 69.6 Å². The van der Waals surface area contributed by atoms with Crippen molar-refractivity contribution in [3.8, 4) is 0 Å². The average molecular weight is 298 g/mol. The molecule has 0 aromatic rings. The Labute approximate surface area is 128 Å². The SMILES string of the molecule is CC1CCCCCN1C(=O)NC(CC(=O)O)CC(C)(C)C. The minimum atomic E-state index is -0.867. The Morgan fingerprint density at radius 3 is 2.52 bits per heavy atom. The van der Waals surface area contributed by atoms with Gasteiger partial charge in [0.2, 0.25) is 0 Å². The summed E-state index contributed by atoms with van der Waals surface area (Å²) in [5.74, 6) is -0.867. The second-order valence-corrected chi connectivity index (χ2v) is 7.40. The van der Waals surface area contributed by atoms with E-state index in [1.54, 1.807) is 0 Å². The molecule has 2 atom stereocenters. The number of aliphatic carboxylic acids is 1. The van der Waals surface area contributed by atoms with Crippen LogP contribution in [-0.4, -0.2) is 40.6 Å². The number of carboxylic acid groups (broad SMARTS) is 1. The van der Waals surface area contributed by atoms with E-state index in [-0.39, 0.29) is 30.0 Å². The molecule has 5 nitrogen and oxygen atoms in total. The van der Waals surface area contributed by atoms with Gasteiger partial charge in [-0.1, -0.05) is 33.6 Å². The summed E-state index contributed by atoms with van der Waals surface area (Å²) in [5.41, 5.74) is -0.0161. The first-order valence-corrected chi connectivity index (χ1v) is 7.98. The molecule has 2 N–H and O–H groups in total. The van der Waals surface area contributed by atoms with Crippen molar-refractivity contribution in [1.82, 2.24) is 10.2 Å². The maximum atomic E-state index is 12.5. The highest BCUT2D eigenvalue weighted by molar-refractivity contribution is 5.76. The molecule has 0 bridgehead atoms. The second-order valence-electron chi connectivity index (χ2n) is 7.40. The van der Waals surface area contributed by atoms with Gasteiger partial charge < -0.3 is 15.3 Å². The van der Waals surface area contributed by atoms with Crippen LogP contribution < -0.4 is 5.32 Å². The molecule has 1 rings (SSSR count). The summed E-state index contributed by atoms with van der Waals surface area (Å²) in [4.78, 5) is 25.3. The lowest BCUT2D eigenvalue weighted by atomic mass is 9.87. The highest BCUT2D eigenvalue weighted by atomic mass is 16.4. The van der Waals surface area contributed by atoms with E-state index in [1.807, 2.05) is 4.90 Å². The van der Waals surface area contributed by atoms with Gasteiger partial charge >= 0.3 is 12.0 Å². The van der Waals surface area contributed by atoms with Gasteiger partial charge in [0.15, 0.2) is 0 Å². The highest BCUT2D eigenvalue weighted by Gasteiger charge is 2.27. The van der Waals surface area contributed by atoms with Crippen molar-refractivity contribution in [3.05, 3.63) is 0 Å². The molecule has 1 aliphatic rings. The summed E-state index contributed by atoms with van der Waals surface area (Å²) < 4.78 is 0. The lowest BCUT2D eigenvalue weighted by molar-refractivity contribution is -0.137. The lowest BCUT2D eigenvalue weighted by Gasteiger charge is -2.31. The van der Waals surface area contributed by atoms with Crippen molar-refractivity contribution in [2.24, 2.45) is 5.41 Å². The molecule has 1 aliphatic heterocycles. The largest absolute Gasteiger partial charge is 0.481 e. The van der Waals surface area contributed by atoms with Crippen LogP contribution in [0.25, 0.3) is 0 Å². The van der Waals surface area contributed by atoms with Crippen molar-refractivity contribution in [1.29, 1.82) is 0 Å². The summed E-state index contributed by atoms with van der Waals surface area (Å²) in [5, 5.41) is 12.0. The maximum absolute atomic E-state index is 12.5. The fourth-order valence-electron chi connectivity index (χ4n) is 2.96. The number of nitrogens with one attached hydrogen (secondary N) is 1. The number of likely N-dealkylation sites (tertiary alicyclic amines) is 1. The van der Waals surface area contributed by atoms with E-state index < -0.39 is 5.97 Å². The minimum Gasteiger partial charge on any atom is -0.481 e. The van der Waals surface area contributed by atoms with Crippen LogP contribution in [0.2, 0.25) is 0 Å². The van der Waals surface area contributed by atoms with Gasteiger partial charge in [0, 0.05) is 18.6 Å². The first-order chi connectivity index (χ1) is 9.69. The van der Waals surface area contributed by atoms with Crippen molar-refractivity contribution in [2.75, 3.05) is 6.54 Å². The Hall–Kier alpha value is -1.26. The summed E-state index contributed by atoms with van der Waals surface area (Å²) in [6.45, 7) is 9.01. The number of urea groups is 1. The molecule has 122 valence electrons. The Morgan fingerprint density at radius 1 is 1.29 bits per heavy atom. The molecule has 1 heterocycles. The lowest BCUT2D eigenvalue weighted by Crippen LogP contribution is -2.49. The molecule has 0 aromatic heterocycles. The smallest absolute Gasteiger partial charge is 0.317 e. The third kappa shape index (κ3) is 6.82. The summed E-state index contributed by atoms with van der Waals surface area (Å²) in [6.07, 6.45) is 5.01. The average Bonchev–Trinajstić information content (AvgIpc) is 2.50. The highest BCUT2D eigenvalue weighted by Crippen LogP contribution is 2.23. The Morgan fingerprint density at radius 2 is 1.95 bits per heavy atom. The maximum Gasteiger partial charge on any atom is 0.317 e. The standard InChI is InChI=1S/C16H30N2O3/c1-12-8-6-5-7-9-18(12)15(21)17-13(10-14(19)20)11-16(2,3)4/h12-13H,5-11H2,1-4H3,(H,17,21)(H,19,20). The first-order valence-electron chi connectivity index (χ1n) is 7.98. The molecule has 1 fully saturated rings. The first kappa shape index (κ1) is 17.8. The zero-order valence-electron chi connectivity index (χ0n) is 13.8. The molecule has 0 spiro atoms. The molecular weight excluding hydrogens is 268 g/mol. The van der Waals surface area contributed by atoms with Gasteiger partial charge in [-0.05, 0) is 31.6 Å². The number of hydrogen-bond donors (Lipinski definition) is 2. The molecule has 21 heavy (non-hydrogen) atoms. The fourth-order valence-corrected chi connectivity index (χ4v) is 2.96. The van der Waals surface area contributed by atoms with Crippen LogP contribution in [0.3, 0.4) is 0 Å². The third-order valence-electron chi connectivity index (χ3n) is 3.92. The zero-order chi connectivity index (χ0) is 16.0. The number of carbonyl (C=O) groups is 2. The molecular formula is C16H30N2O3. The van der Waals surface area contributed by atoms with E-state index in [4.69, 9.17) is 5.11 Å². The Balaban J connectivity index is 2.67. The number of rotatable bonds is 4. The molecule has 0 aromatic carbocycles. The van der Waals surface area contributed by atoms with E-state index in [0.29, 0.717) is 6.42 Å². The van der Waals surface area contributed by atoms with Crippen molar-refractivity contribution in [2.45, 2.75) is 78.3 Å². The second kappa shape index (κ2) is 7.66. The number of hydrogen-bond acceptors (Lipinski definition) is 2. The number of amides is 2.